The van der Waals surface area contributed by atoms with E-state index in [-0.39, 0.29) is 0 Å². The average Bonchev–Trinajstić information content (AvgIpc) is 2.77. The van der Waals surface area contributed by atoms with Crippen LogP contribution in [0, 0.1) is 0 Å². The summed E-state index contributed by atoms with van der Waals surface area (Å²) in [6.45, 7) is 0. The van der Waals surface area contributed by atoms with E-state index >= 15 is 0 Å². The molecule has 0 aliphatic heterocycles. The molecule has 0 saturated heterocycles. The van der Waals surface area contributed by atoms with Gasteiger partial charge in [-0.15, -0.1) is 0 Å². The van der Waals surface area contributed by atoms with Crippen LogP contribution in [0.4, 0.5) is 5.69 Å². The average molecular weight is 234 g/mol. The molecule has 4 heteroatoms. The van der Waals surface area contributed by atoms with Crippen LogP contribution in [-0.4, -0.2) is 10.7 Å². The van der Waals surface area contributed by atoms with E-state index in [0.29, 0.717) is 0 Å². The molecule has 0 fully saturated rings. The molecule has 0 aliphatic carbocycles. The quantitative estimate of drug-likeness (QED) is 0.491. The van der Waals surface area contributed by atoms with Gasteiger partial charge in [0.05, 0.1) is 6.20 Å². The van der Waals surface area contributed by atoms with Crippen molar-refractivity contribution in [3.8, 4) is 0 Å². The van der Waals surface area contributed by atoms with E-state index < -0.39 is 0 Å². The molecule has 0 amide bonds. The third kappa shape index (κ3) is 3.31. The number of nitrogen functional groups attached to an aromatic ring is 1. The second-order valence-corrected chi connectivity index (χ2v) is 4.54. The van der Waals surface area contributed by atoms with Gasteiger partial charge in [-0.2, -0.15) is 0 Å². The van der Waals surface area contributed by atoms with E-state index in [4.69, 9.17) is 10.2 Å². The number of aromatic nitrogens is 1. The van der Waals surface area contributed by atoms with E-state index in [1.54, 1.807) is 24.2 Å². The molecule has 0 saturated carbocycles. The molecule has 2 aromatic rings. The van der Waals surface area contributed by atoms with Gasteiger partial charge in [0.1, 0.15) is 6.26 Å². The van der Waals surface area contributed by atoms with Crippen molar-refractivity contribution in [3.63, 3.8) is 0 Å². The maximum atomic E-state index is 5.71. The topological polar surface area (TPSA) is 52.0 Å². The highest BCUT2D eigenvalue weighted by Gasteiger charge is 1.99. The molecule has 0 bridgehead atoms. The molecule has 0 atom stereocenters. The molecule has 3 nitrogen and oxygen atoms in total. The Kier molecular flexibility index (Phi) is 3.88. The maximum absolute atomic E-state index is 5.71. The van der Waals surface area contributed by atoms with Crippen LogP contribution >= 0.6 is 11.8 Å². The Morgan fingerprint density at radius 3 is 3.06 bits per heavy atom. The van der Waals surface area contributed by atoms with Gasteiger partial charge in [0.15, 0.2) is 0 Å². The minimum atomic E-state index is 0.743. The first-order valence-corrected chi connectivity index (χ1v) is 6.20. The number of hydrogen-bond donors (Lipinski definition) is 1. The van der Waals surface area contributed by atoms with Gasteiger partial charge >= 0.3 is 0 Å². The number of anilines is 1. The van der Waals surface area contributed by atoms with Crippen molar-refractivity contribution in [2.75, 3.05) is 11.5 Å². The normalized spacial score (nSPS) is 10.5. The first-order valence-electron chi connectivity index (χ1n) is 5.21. The van der Waals surface area contributed by atoms with Gasteiger partial charge in [-0.05, 0) is 30.5 Å². The second-order valence-electron chi connectivity index (χ2n) is 3.50. The molecule has 16 heavy (non-hydrogen) atoms. The third-order valence-corrected chi connectivity index (χ3v) is 3.14. The van der Waals surface area contributed by atoms with Gasteiger partial charge in [-0.1, -0.05) is 23.9 Å². The Morgan fingerprint density at radius 1 is 1.38 bits per heavy atom. The minimum Gasteiger partial charge on any atom is -0.440 e. The summed E-state index contributed by atoms with van der Waals surface area (Å²) >= 11 is 1.64. The maximum Gasteiger partial charge on any atom is 0.255 e. The molecule has 0 unspecified atom stereocenters. The molecule has 2 rings (SSSR count). The summed E-state index contributed by atoms with van der Waals surface area (Å²) in [5.41, 5.74) is 7.83. The standard InChI is InChI=1S/C12H14N2OS/c13-11-5-1-3-10(9-11)4-2-8-16-12-14-6-7-15-12/h1,3,5-7,9H,2,4,8,13H2. The van der Waals surface area contributed by atoms with E-state index in [1.807, 2.05) is 18.2 Å². The van der Waals surface area contributed by atoms with Crippen LogP contribution in [0.2, 0.25) is 0 Å². The summed E-state index contributed by atoms with van der Waals surface area (Å²) in [6.07, 6.45) is 5.40. The number of oxazole rings is 1. The first kappa shape index (κ1) is 11.1. The van der Waals surface area contributed by atoms with Crippen molar-refractivity contribution >= 4 is 17.4 Å². The molecule has 0 spiro atoms. The van der Waals surface area contributed by atoms with Gasteiger partial charge in [0.2, 0.25) is 0 Å². The Hall–Kier alpha value is -1.42. The number of hydrogen-bond acceptors (Lipinski definition) is 4. The van der Waals surface area contributed by atoms with Crippen LogP contribution in [0.3, 0.4) is 0 Å². The number of aryl methyl sites for hydroxylation is 1. The van der Waals surface area contributed by atoms with Crippen molar-refractivity contribution in [3.05, 3.63) is 42.3 Å². The number of nitrogens with two attached hydrogens (primary N) is 1. The number of rotatable bonds is 5. The smallest absolute Gasteiger partial charge is 0.255 e. The number of nitrogens with zero attached hydrogens (tertiary/aromatic N) is 1. The summed E-state index contributed by atoms with van der Waals surface area (Å²) < 4.78 is 5.14. The summed E-state index contributed by atoms with van der Waals surface area (Å²) in [5, 5.41) is 0.743. The van der Waals surface area contributed by atoms with Crippen molar-refractivity contribution in [1.29, 1.82) is 0 Å². The number of thioether (sulfide) groups is 1. The van der Waals surface area contributed by atoms with Crippen LogP contribution in [0.25, 0.3) is 0 Å². The minimum absolute atomic E-state index is 0.743. The predicted molar refractivity (Wildman–Crippen MR) is 66.4 cm³/mol. The Labute approximate surface area is 99.1 Å². The number of benzene rings is 1. The molecule has 0 aliphatic rings. The fourth-order valence-electron chi connectivity index (χ4n) is 1.47. The van der Waals surface area contributed by atoms with E-state index in [1.165, 1.54) is 5.56 Å². The molecular formula is C12H14N2OS. The highest BCUT2D eigenvalue weighted by Crippen LogP contribution is 2.17. The summed E-state index contributed by atoms with van der Waals surface area (Å²) in [6, 6.07) is 8.03. The van der Waals surface area contributed by atoms with Gasteiger partial charge in [0, 0.05) is 11.4 Å². The monoisotopic (exact) mass is 234 g/mol. The SMILES string of the molecule is Nc1cccc(CCCSc2ncco2)c1. The van der Waals surface area contributed by atoms with Crippen LogP contribution in [0.15, 0.2) is 46.4 Å². The summed E-state index contributed by atoms with van der Waals surface area (Å²) in [4.78, 5) is 4.05. The predicted octanol–water partition coefficient (Wildman–Crippen LogP) is 2.98. The lowest BCUT2D eigenvalue weighted by Gasteiger charge is -2.01. The fourth-order valence-corrected chi connectivity index (χ4v) is 2.19. The third-order valence-electron chi connectivity index (χ3n) is 2.20. The molecule has 84 valence electrons. The summed E-state index contributed by atoms with van der Waals surface area (Å²) in [7, 11) is 0. The molecular weight excluding hydrogens is 220 g/mol. The Morgan fingerprint density at radius 2 is 2.31 bits per heavy atom. The van der Waals surface area contributed by atoms with E-state index in [2.05, 4.69) is 11.1 Å². The van der Waals surface area contributed by atoms with Gasteiger partial charge in [-0.3, -0.25) is 0 Å². The molecule has 1 heterocycles. The first-order chi connectivity index (χ1) is 7.84. The van der Waals surface area contributed by atoms with Crippen LogP contribution < -0.4 is 5.73 Å². The second kappa shape index (κ2) is 5.61. The van der Waals surface area contributed by atoms with E-state index in [9.17, 15) is 0 Å². The van der Waals surface area contributed by atoms with E-state index in [0.717, 1.165) is 29.5 Å². The molecule has 0 radical (unpaired) electrons. The molecule has 1 aromatic carbocycles. The van der Waals surface area contributed by atoms with Crippen molar-refractivity contribution in [2.45, 2.75) is 18.1 Å². The lowest BCUT2D eigenvalue weighted by molar-refractivity contribution is 0.454. The summed E-state index contributed by atoms with van der Waals surface area (Å²) in [5.74, 6) is 1.01. The largest absolute Gasteiger partial charge is 0.440 e. The zero-order chi connectivity index (χ0) is 11.2. The lowest BCUT2D eigenvalue weighted by Crippen LogP contribution is -1.90. The van der Waals surface area contributed by atoms with Crippen LogP contribution in [0.1, 0.15) is 12.0 Å². The van der Waals surface area contributed by atoms with Crippen molar-refractivity contribution in [2.24, 2.45) is 0 Å². The van der Waals surface area contributed by atoms with Gasteiger partial charge in [-0.25, -0.2) is 4.98 Å². The highest BCUT2D eigenvalue weighted by atomic mass is 32.2. The zero-order valence-corrected chi connectivity index (χ0v) is 9.74. The molecule has 2 N–H and O–H groups in total. The Balaban J connectivity index is 1.72. The highest BCUT2D eigenvalue weighted by molar-refractivity contribution is 7.99. The molecule has 1 aromatic heterocycles. The van der Waals surface area contributed by atoms with Gasteiger partial charge in [0.25, 0.3) is 5.22 Å². The zero-order valence-electron chi connectivity index (χ0n) is 8.93. The van der Waals surface area contributed by atoms with Crippen LogP contribution in [-0.2, 0) is 6.42 Å². The Bertz CT molecular complexity index is 428. The van der Waals surface area contributed by atoms with Crippen molar-refractivity contribution in [1.82, 2.24) is 4.98 Å². The van der Waals surface area contributed by atoms with Crippen molar-refractivity contribution < 1.29 is 4.42 Å². The van der Waals surface area contributed by atoms with Crippen LogP contribution in [0.5, 0.6) is 0 Å². The fraction of sp³-hybridized carbons (Fsp3) is 0.250. The van der Waals surface area contributed by atoms with Gasteiger partial charge < -0.3 is 10.2 Å². The lowest BCUT2D eigenvalue weighted by atomic mass is 10.1.